The summed E-state index contributed by atoms with van der Waals surface area (Å²) in [6, 6.07) is 13.6. The molecule has 4 rings (SSSR count). The van der Waals surface area contributed by atoms with Crippen molar-refractivity contribution in [3.8, 4) is 16.4 Å². The van der Waals surface area contributed by atoms with E-state index >= 15 is 0 Å². The molecule has 0 bridgehead atoms. The summed E-state index contributed by atoms with van der Waals surface area (Å²) in [7, 11) is 0. The molecule has 0 saturated heterocycles. The van der Waals surface area contributed by atoms with Crippen molar-refractivity contribution in [2.45, 2.75) is 20.8 Å². The lowest BCUT2D eigenvalue weighted by Gasteiger charge is -2.08. The van der Waals surface area contributed by atoms with Crippen LogP contribution in [0, 0.1) is 26.6 Å². The van der Waals surface area contributed by atoms with E-state index in [2.05, 4.69) is 15.4 Å². The van der Waals surface area contributed by atoms with Gasteiger partial charge in [0.15, 0.2) is 0 Å². The van der Waals surface area contributed by atoms with Crippen LogP contribution in [0.25, 0.3) is 16.4 Å². The fourth-order valence-electron chi connectivity index (χ4n) is 2.92. The quantitative estimate of drug-likeness (QED) is 0.499. The minimum absolute atomic E-state index is 0.204. The number of nitrogens with zero attached hydrogens (tertiary/aromatic N) is 3. The van der Waals surface area contributed by atoms with Crippen molar-refractivity contribution in [1.82, 2.24) is 14.8 Å². The van der Waals surface area contributed by atoms with E-state index in [4.69, 9.17) is 0 Å². The zero-order valence-electron chi connectivity index (χ0n) is 16.2. The minimum Gasteiger partial charge on any atom is -0.306 e. The summed E-state index contributed by atoms with van der Waals surface area (Å²) in [4.78, 5) is 17.3. The molecule has 0 aliphatic rings. The Morgan fingerprint density at radius 2 is 1.79 bits per heavy atom. The highest BCUT2D eigenvalue weighted by Gasteiger charge is 2.16. The molecule has 146 valence electrons. The minimum atomic E-state index is -0.289. The van der Waals surface area contributed by atoms with Crippen LogP contribution in [0.15, 0.2) is 53.9 Å². The first-order chi connectivity index (χ1) is 13.9. The van der Waals surface area contributed by atoms with Crippen molar-refractivity contribution in [1.29, 1.82) is 0 Å². The Hall–Kier alpha value is -3.32. The average Bonchev–Trinajstić information content (AvgIpc) is 3.31. The smallest absolute Gasteiger partial charge is 0.256 e. The molecule has 7 heteroatoms. The summed E-state index contributed by atoms with van der Waals surface area (Å²) in [6.07, 6.45) is 0. The van der Waals surface area contributed by atoms with Gasteiger partial charge < -0.3 is 5.32 Å². The van der Waals surface area contributed by atoms with Gasteiger partial charge in [0, 0.05) is 22.6 Å². The topological polar surface area (TPSA) is 59.8 Å². The third-order valence-electron chi connectivity index (χ3n) is 4.66. The van der Waals surface area contributed by atoms with Crippen LogP contribution >= 0.6 is 11.3 Å². The van der Waals surface area contributed by atoms with Crippen molar-refractivity contribution in [3.63, 3.8) is 0 Å². The number of benzene rings is 2. The van der Waals surface area contributed by atoms with Gasteiger partial charge in [0.1, 0.15) is 11.6 Å². The van der Waals surface area contributed by atoms with Crippen LogP contribution in [0.2, 0.25) is 0 Å². The van der Waals surface area contributed by atoms with Crippen molar-refractivity contribution in [2.75, 3.05) is 5.32 Å². The first-order valence-corrected chi connectivity index (χ1v) is 9.96. The van der Waals surface area contributed by atoms with Gasteiger partial charge in [0.05, 0.1) is 11.4 Å². The monoisotopic (exact) mass is 406 g/mol. The maximum absolute atomic E-state index is 13.2. The highest BCUT2D eigenvalue weighted by molar-refractivity contribution is 7.12. The molecule has 2 aromatic carbocycles. The lowest BCUT2D eigenvalue weighted by Crippen LogP contribution is -2.15. The molecule has 1 N–H and O–H groups in total. The van der Waals surface area contributed by atoms with Crippen LogP contribution in [0.1, 0.15) is 27.2 Å². The molecule has 2 aromatic heterocycles. The molecule has 0 saturated carbocycles. The Morgan fingerprint density at radius 1 is 1.03 bits per heavy atom. The second-order valence-electron chi connectivity index (χ2n) is 6.86. The lowest BCUT2D eigenvalue weighted by molar-refractivity contribution is 0.102. The van der Waals surface area contributed by atoms with Crippen LogP contribution in [0.4, 0.5) is 10.2 Å². The van der Waals surface area contributed by atoms with Crippen molar-refractivity contribution < 1.29 is 9.18 Å². The van der Waals surface area contributed by atoms with Crippen LogP contribution in [0.5, 0.6) is 0 Å². The van der Waals surface area contributed by atoms with E-state index in [9.17, 15) is 9.18 Å². The van der Waals surface area contributed by atoms with Crippen molar-refractivity contribution in [3.05, 3.63) is 82.1 Å². The highest BCUT2D eigenvalue weighted by atomic mass is 32.1. The van der Waals surface area contributed by atoms with Gasteiger partial charge in [-0.05, 0) is 68.3 Å². The predicted molar refractivity (Wildman–Crippen MR) is 113 cm³/mol. The number of thiazole rings is 1. The van der Waals surface area contributed by atoms with E-state index in [0.717, 1.165) is 28.1 Å². The Labute approximate surface area is 171 Å². The number of nitrogens with one attached hydrogen (secondary N) is 1. The first kappa shape index (κ1) is 19.0. The summed E-state index contributed by atoms with van der Waals surface area (Å²) in [5.74, 6) is 0.0542. The first-order valence-electron chi connectivity index (χ1n) is 9.08. The van der Waals surface area contributed by atoms with Crippen molar-refractivity contribution in [2.24, 2.45) is 0 Å². The summed E-state index contributed by atoms with van der Waals surface area (Å²) in [5, 5.41) is 9.90. The number of amides is 1. The summed E-state index contributed by atoms with van der Waals surface area (Å²) < 4.78 is 14.8. The van der Waals surface area contributed by atoms with E-state index < -0.39 is 0 Å². The van der Waals surface area contributed by atoms with E-state index in [-0.39, 0.29) is 11.7 Å². The number of aromatic nitrogens is 3. The summed E-state index contributed by atoms with van der Waals surface area (Å²) >= 11 is 1.40. The number of aryl methyl sites for hydroxylation is 3. The number of halogens is 1. The predicted octanol–water partition coefficient (Wildman–Crippen LogP) is 5.31. The molecule has 0 aliphatic heterocycles. The molecule has 0 aliphatic carbocycles. The van der Waals surface area contributed by atoms with Gasteiger partial charge in [-0.25, -0.2) is 9.37 Å². The molecule has 0 spiro atoms. The molecular weight excluding hydrogens is 387 g/mol. The maximum atomic E-state index is 13.2. The van der Waals surface area contributed by atoms with Gasteiger partial charge in [-0.2, -0.15) is 9.78 Å². The molecule has 29 heavy (non-hydrogen) atoms. The number of rotatable bonds is 4. The molecule has 5 nitrogen and oxygen atoms in total. The normalized spacial score (nSPS) is 10.9. The van der Waals surface area contributed by atoms with Crippen LogP contribution < -0.4 is 5.32 Å². The Morgan fingerprint density at radius 3 is 2.52 bits per heavy atom. The third kappa shape index (κ3) is 3.95. The van der Waals surface area contributed by atoms with E-state index in [0.29, 0.717) is 16.5 Å². The van der Waals surface area contributed by atoms with E-state index in [1.807, 2.05) is 38.3 Å². The average molecular weight is 406 g/mol. The Kier molecular flexibility index (Phi) is 4.98. The number of carbonyl (C=O) groups excluding carboxylic acids is 1. The zero-order valence-corrected chi connectivity index (χ0v) is 17.0. The Bertz CT molecular complexity index is 1190. The number of hydrogen-bond acceptors (Lipinski definition) is 4. The standard InChI is InChI=1S/C22H19FN4OS/c1-13-4-5-17(10-14(13)2)21(28)25-20-11-15(3)26-27(20)22-24-19(12-29-22)16-6-8-18(23)9-7-16/h4-12H,1-3H3,(H,25,28). The molecule has 0 radical (unpaired) electrons. The number of anilines is 1. The van der Waals surface area contributed by atoms with Gasteiger partial charge in [0.25, 0.3) is 5.91 Å². The van der Waals surface area contributed by atoms with E-state index in [1.165, 1.54) is 23.5 Å². The molecular formula is C22H19FN4OS. The lowest BCUT2D eigenvalue weighted by atomic mass is 10.1. The van der Waals surface area contributed by atoms with Crippen LogP contribution in [-0.2, 0) is 0 Å². The number of carbonyl (C=O) groups is 1. The molecule has 4 aromatic rings. The molecule has 0 fully saturated rings. The fraction of sp³-hybridized carbons (Fsp3) is 0.136. The van der Waals surface area contributed by atoms with Crippen LogP contribution in [-0.4, -0.2) is 20.7 Å². The number of hydrogen-bond donors (Lipinski definition) is 1. The summed E-state index contributed by atoms with van der Waals surface area (Å²) in [6.45, 7) is 5.85. The molecule has 0 atom stereocenters. The third-order valence-corrected chi connectivity index (χ3v) is 5.47. The summed E-state index contributed by atoms with van der Waals surface area (Å²) in [5.41, 5.74) is 5.09. The van der Waals surface area contributed by atoms with Crippen LogP contribution in [0.3, 0.4) is 0 Å². The molecule has 0 unspecified atom stereocenters. The van der Waals surface area contributed by atoms with Gasteiger partial charge >= 0.3 is 0 Å². The Balaban J connectivity index is 1.62. The van der Waals surface area contributed by atoms with Gasteiger partial charge in [-0.15, -0.1) is 11.3 Å². The van der Waals surface area contributed by atoms with Crippen molar-refractivity contribution >= 4 is 23.1 Å². The van der Waals surface area contributed by atoms with Gasteiger partial charge in [-0.1, -0.05) is 6.07 Å². The van der Waals surface area contributed by atoms with E-state index in [1.54, 1.807) is 28.9 Å². The zero-order chi connectivity index (χ0) is 20.5. The highest BCUT2D eigenvalue weighted by Crippen LogP contribution is 2.27. The SMILES string of the molecule is Cc1cc(NC(=O)c2ccc(C)c(C)c2)n(-c2nc(-c3ccc(F)cc3)cs2)n1. The maximum Gasteiger partial charge on any atom is 0.256 e. The second kappa shape index (κ2) is 7.60. The molecule has 1 amide bonds. The second-order valence-corrected chi connectivity index (χ2v) is 7.69. The fourth-order valence-corrected chi connectivity index (χ4v) is 3.72. The van der Waals surface area contributed by atoms with Gasteiger partial charge in [0.2, 0.25) is 5.13 Å². The molecule has 2 heterocycles. The largest absolute Gasteiger partial charge is 0.306 e. The van der Waals surface area contributed by atoms with Gasteiger partial charge in [-0.3, -0.25) is 4.79 Å².